The number of halogens is 3. The van der Waals surface area contributed by atoms with Crippen molar-refractivity contribution in [1.29, 1.82) is 0 Å². The summed E-state index contributed by atoms with van der Waals surface area (Å²) in [6.45, 7) is 0.906. The smallest absolute Gasteiger partial charge is 0.370 e. The van der Waals surface area contributed by atoms with Gasteiger partial charge in [-0.3, -0.25) is 4.79 Å². The van der Waals surface area contributed by atoms with Crippen LogP contribution in [0.4, 0.5) is 24.5 Å². The molecule has 0 spiro atoms. The number of sulfonamides is 1. The van der Waals surface area contributed by atoms with E-state index in [9.17, 15) is 26.4 Å². The zero-order valence-corrected chi connectivity index (χ0v) is 15.5. The minimum absolute atomic E-state index is 0.0358. The summed E-state index contributed by atoms with van der Waals surface area (Å²) in [5.41, 5.74) is -0.327. The second kappa shape index (κ2) is 7.83. The molecule has 10 heteroatoms. The molecule has 6 nitrogen and oxygen atoms in total. The fourth-order valence-corrected chi connectivity index (χ4v) is 3.08. The summed E-state index contributed by atoms with van der Waals surface area (Å²) in [4.78, 5) is 14.1. The van der Waals surface area contributed by atoms with E-state index in [-0.39, 0.29) is 5.69 Å². The highest BCUT2D eigenvalue weighted by Crippen LogP contribution is 2.36. The number of hydrogen-bond acceptors (Lipinski definition) is 4. The van der Waals surface area contributed by atoms with Gasteiger partial charge < -0.3 is 10.2 Å². The van der Waals surface area contributed by atoms with Gasteiger partial charge in [0.1, 0.15) is 0 Å². The molecular weight excluding hydrogens is 371 g/mol. The number of piperidine rings is 1. The van der Waals surface area contributed by atoms with E-state index in [0.29, 0.717) is 18.8 Å². The largest absolute Gasteiger partial charge is 0.416 e. The molecule has 0 unspecified atom stereocenters. The highest BCUT2D eigenvalue weighted by molar-refractivity contribution is 7.88. The first-order valence-electron chi connectivity index (χ1n) is 8.16. The molecule has 1 aromatic carbocycles. The molecule has 2 rings (SSSR count). The molecule has 1 fully saturated rings. The number of carbonyl (C=O) groups is 1. The summed E-state index contributed by atoms with van der Waals surface area (Å²) in [7, 11) is -2.34. The fraction of sp³-hybridized carbons (Fsp3) is 0.562. The van der Waals surface area contributed by atoms with Crippen molar-refractivity contribution in [1.82, 2.24) is 4.31 Å². The van der Waals surface area contributed by atoms with E-state index in [0.717, 1.165) is 42.0 Å². The highest BCUT2D eigenvalue weighted by Gasteiger charge is 2.32. The highest BCUT2D eigenvalue weighted by atomic mass is 32.2. The molecule has 1 amide bonds. The van der Waals surface area contributed by atoms with Crippen molar-refractivity contribution in [2.45, 2.75) is 25.4 Å². The van der Waals surface area contributed by atoms with Crippen LogP contribution in [-0.4, -0.2) is 51.6 Å². The summed E-state index contributed by atoms with van der Waals surface area (Å²) in [6.07, 6.45) is -0.693. The van der Waals surface area contributed by atoms with Crippen LogP contribution < -0.4 is 10.2 Å². The van der Waals surface area contributed by atoms with Crippen molar-refractivity contribution in [3.8, 4) is 0 Å². The van der Waals surface area contributed by atoms with Crippen LogP contribution in [0.1, 0.15) is 24.8 Å². The maximum absolute atomic E-state index is 13.0. The molecule has 1 aliphatic heterocycles. The van der Waals surface area contributed by atoms with Crippen LogP contribution >= 0.6 is 0 Å². The second-order valence-electron chi connectivity index (χ2n) is 6.34. The third kappa shape index (κ3) is 5.34. The summed E-state index contributed by atoms with van der Waals surface area (Å²) in [6, 6.07) is 3.23. The average molecular weight is 393 g/mol. The quantitative estimate of drug-likeness (QED) is 0.835. The van der Waals surface area contributed by atoms with E-state index in [1.54, 1.807) is 0 Å². The number of benzene rings is 1. The number of hydrogen-bond donors (Lipinski definition) is 1. The molecule has 0 atom stereocenters. The summed E-state index contributed by atoms with van der Waals surface area (Å²) in [5.74, 6) is -0.699. The maximum Gasteiger partial charge on any atom is 0.416 e. The van der Waals surface area contributed by atoms with Crippen molar-refractivity contribution in [2.75, 3.05) is 43.2 Å². The Kier molecular flexibility index (Phi) is 6.17. The molecule has 0 radical (unpaired) electrons. The Morgan fingerprint density at radius 1 is 1.23 bits per heavy atom. The van der Waals surface area contributed by atoms with Gasteiger partial charge in [0.05, 0.1) is 29.7 Å². The van der Waals surface area contributed by atoms with Gasteiger partial charge >= 0.3 is 6.18 Å². The summed E-state index contributed by atoms with van der Waals surface area (Å²) >= 11 is 0. The van der Waals surface area contributed by atoms with Gasteiger partial charge in [0.15, 0.2) is 0 Å². The standard InChI is InChI=1S/C16H22F3N3O3S/c1-21(26(2,24)25)11-15(23)20-13-10-12(16(17,18)19)6-7-14(13)22-8-4-3-5-9-22/h6-7,10H,3-5,8-9,11H2,1-2H3,(H,20,23). The SMILES string of the molecule is CN(CC(=O)Nc1cc(C(F)(F)F)ccc1N1CCCCC1)S(C)(=O)=O. The molecule has 26 heavy (non-hydrogen) atoms. The lowest BCUT2D eigenvalue weighted by Gasteiger charge is -2.31. The van der Waals surface area contributed by atoms with Gasteiger partial charge in [-0.1, -0.05) is 0 Å². The first-order valence-corrected chi connectivity index (χ1v) is 10.0. The lowest BCUT2D eigenvalue weighted by molar-refractivity contribution is -0.137. The van der Waals surface area contributed by atoms with E-state index in [1.165, 1.54) is 13.1 Å². The first-order chi connectivity index (χ1) is 12.0. The number of alkyl halides is 3. The molecule has 1 aliphatic rings. The average Bonchev–Trinajstić information content (AvgIpc) is 2.53. The van der Waals surface area contributed by atoms with E-state index < -0.39 is 34.2 Å². The molecule has 1 aromatic rings. The van der Waals surface area contributed by atoms with Crippen LogP contribution in [0.2, 0.25) is 0 Å². The van der Waals surface area contributed by atoms with Gasteiger partial charge in [0.2, 0.25) is 15.9 Å². The summed E-state index contributed by atoms with van der Waals surface area (Å²) in [5, 5.41) is 2.44. The van der Waals surface area contributed by atoms with Crippen LogP contribution in [0.3, 0.4) is 0 Å². The normalized spacial score (nSPS) is 16.0. The Hall–Kier alpha value is -1.81. The third-order valence-electron chi connectivity index (χ3n) is 4.23. The van der Waals surface area contributed by atoms with Crippen molar-refractivity contribution >= 4 is 27.3 Å². The lowest BCUT2D eigenvalue weighted by Crippen LogP contribution is -2.35. The molecular formula is C16H22F3N3O3S. The van der Waals surface area contributed by atoms with Gasteiger partial charge in [-0.2, -0.15) is 17.5 Å². The topological polar surface area (TPSA) is 69.7 Å². The molecule has 0 bridgehead atoms. The van der Waals surface area contributed by atoms with Crippen molar-refractivity contribution in [3.63, 3.8) is 0 Å². The Balaban J connectivity index is 2.28. The second-order valence-corrected chi connectivity index (χ2v) is 8.43. The van der Waals surface area contributed by atoms with Gasteiger partial charge in [0.25, 0.3) is 0 Å². The Morgan fingerprint density at radius 2 is 1.85 bits per heavy atom. The number of anilines is 2. The van der Waals surface area contributed by atoms with Crippen molar-refractivity contribution < 1.29 is 26.4 Å². The Labute approximate surface area is 151 Å². The molecule has 146 valence electrons. The molecule has 1 N–H and O–H groups in total. The number of nitrogens with one attached hydrogen (secondary N) is 1. The minimum Gasteiger partial charge on any atom is -0.370 e. The molecule has 0 aliphatic carbocycles. The number of rotatable bonds is 5. The molecule has 0 saturated carbocycles. The predicted octanol–water partition coefficient (Wildman–Crippen LogP) is 2.53. The van der Waals surface area contributed by atoms with E-state index in [1.807, 2.05) is 4.90 Å². The maximum atomic E-state index is 13.0. The van der Waals surface area contributed by atoms with Gasteiger partial charge in [-0.15, -0.1) is 0 Å². The molecule has 1 saturated heterocycles. The number of amides is 1. The van der Waals surface area contributed by atoms with Gasteiger partial charge in [-0.25, -0.2) is 8.42 Å². The van der Waals surface area contributed by atoms with Crippen LogP contribution in [0, 0.1) is 0 Å². The monoisotopic (exact) mass is 393 g/mol. The molecule has 1 heterocycles. The van der Waals surface area contributed by atoms with Gasteiger partial charge in [-0.05, 0) is 37.5 Å². The van der Waals surface area contributed by atoms with Crippen LogP contribution in [0.5, 0.6) is 0 Å². The van der Waals surface area contributed by atoms with Crippen LogP contribution in [0.25, 0.3) is 0 Å². The van der Waals surface area contributed by atoms with E-state index in [4.69, 9.17) is 0 Å². The van der Waals surface area contributed by atoms with Crippen molar-refractivity contribution in [2.24, 2.45) is 0 Å². The molecule has 0 aromatic heterocycles. The zero-order chi connectivity index (χ0) is 19.5. The van der Waals surface area contributed by atoms with Crippen LogP contribution in [-0.2, 0) is 21.0 Å². The Morgan fingerprint density at radius 3 is 2.38 bits per heavy atom. The van der Waals surface area contributed by atoms with Crippen LogP contribution in [0.15, 0.2) is 18.2 Å². The summed E-state index contributed by atoms with van der Waals surface area (Å²) < 4.78 is 62.7. The predicted molar refractivity (Wildman–Crippen MR) is 93.6 cm³/mol. The minimum atomic E-state index is -4.54. The third-order valence-corrected chi connectivity index (χ3v) is 5.49. The number of carbonyl (C=O) groups excluding carboxylic acids is 1. The van der Waals surface area contributed by atoms with Crippen molar-refractivity contribution in [3.05, 3.63) is 23.8 Å². The number of nitrogens with zero attached hydrogens (tertiary/aromatic N) is 2. The first kappa shape index (κ1) is 20.5. The lowest BCUT2D eigenvalue weighted by atomic mass is 10.1. The zero-order valence-electron chi connectivity index (χ0n) is 14.6. The Bertz CT molecular complexity index is 760. The van der Waals surface area contributed by atoms with E-state index in [2.05, 4.69) is 5.32 Å². The number of likely N-dealkylation sites (N-methyl/N-ethyl adjacent to an activating group) is 1. The van der Waals surface area contributed by atoms with E-state index >= 15 is 0 Å². The fourth-order valence-electron chi connectivity index (χ4n) is 2.73. The van der Waals surface area contributed by atoms with Gasteiger partial charge in [0, 0.05) is 20.1 Å².